The van der Waals surface area contributed by atoms with Crippen molar-refractivity contribution in [1.29, 1.82) is 0 Å². The Morgan fingerprint density at radius 1 is 1.15 bits per heavy atom. The first-order valence-corrected chi connectivity index (χ1v) is 9.34. The van der Waals surface area contributed by atoms with E-state index >= 15 is 0 Å². The highest BCUT2D eigenvalue weighted by atomic mass is 35.5. The number of halogens is 1. The number of amides is 1. The first kappa shape index (κ1) is 18.1. The third-order valence-electron chi connectivity index (χ3n) is 4.82. The topological polar surface area (TPSA) is 60.0 Å². The van der Waals surface area contributed by atoms with E-state index in [0.29, 0.717) is 41.8 Å². The highest BCUT2D eigenvalue weighted by Crippen LogP contribution is 2.39. The van der Waals surface area contributed by atoms with Crippen molar-refractivity contribution in [3.8, 4) is 11.5 Å². The summed E-state index contributed by atoms with van der Waals surface area (Å²) < 4.78 is 16.1. The van der Waals surface area contributed by atoms with Gasteiger partial charge in [0, 0.05) is 25.2 Å². The molecule has 0 bridgehead atoms. The highest BCUT2D eigenvalue weighted by Gasteiger charge is 2.24. The standard InChI is InChI=1S/C20H21ClN2O4/c21-16-10-15(11-18-19(16)27-13-26-18)20(24)22-12-17(14-4-2-1-3-5-14)23-6-8-25-9-7-23/h1-5,10-11,17H,6-9,12-13H2,(H,22,24). The summed E-state index contributed by atoms with van der Waals surface area (Å²) in [6.07, 6.45) is 0. The van der Waals surface area contributed by atoms with Gasteiger partial charge in [-0.1, -0.05) is 41.9 Å². The number of hydrogen-bond donors (Lipinski definition) is 1. The maximum atomic E-state index is 12.7. The van der Waals surface area contributed by atoms with Gasteiger partial charge in [-0.05, 0) is 17.7 Å². The number of carbonyl (C=O) groups is 1. The van der Waals surface area contributed by atoms with Crippen LogP contribution in [0.4, 0.5) is 0 Å². The summed E-state index contributed by atoms with van der Waals surface area (Å²) in [7, 11) is 0. The quantitative estimate of drug-likeness (QED) is 0.853. The Hall–Kier alpha value is -2.28. The predicted molar refractivity (Wildman–Crippen MR) is 101 cm³/mol. The van der Waals surface area contributed by atoms with Gasteiger partial charge in [-0.3, -0.25) is 9.69 Å². The minimum absolute atomic E-state index is 0.0866. The first-order valence-electron chi connectivity index (χ1n) is 8.96. The summed E-state index contributed by atoms with van der Waals surface area (Å²) in [6, 6.07) is 13.6. The molecule has 0 radical (unpaired) electrons. The van der Waals surface area contributed by atoms with Crippen molar-refractivity contribution in [3.63, 3.8) is 0 Å². The van der Waals surface area contributed by atoms with Gasteiger partial charge in [0.15, 0.2) is 11.5 Å². The fourth-order valence-corrected chi connectivity index (χ4v) is 3.68. The van der Waals surface area contributed by atoms with Crippen LogP contribution in [-0.4, -0.2) is 50.4 Å². The fourth-order valence-electron chi connectivity index (χ4n) is 3.41. The van der Waals surface area contributed by atoms with Gasteiger partial charge >= 0.3 is 0 Å². The van der Waals surface area contributed by atoms with Crippen LogP contribution < -0.4 is 14.8 Å². The van der Waals surface area contributed by atoms with E-state index in [2.05, 4.69) is 22.3 Å². The highest BCUT2D eigenvalue weighted by molar-refractivity contribution is 6.32. The molecule has 1 saturated heterocycles. The van der Waals surface area contributed by atoms with Crippen LogP contribution in [0, 0.1) is 0 Å². The van der Waals surface area contributed by atoms with Crippen molar-refractivity contribution < 1.29 is 19.0 Å². The van der Waals surface area contributed by atoms with E-state index in [1.165, 1.54) is 5.56 Å². The Bertz CT molecular complexity index is 809. The lowest BCUT2D eigenvalue weighted by molar-refractivity contribution is 0.0162. The number of fused-ring (bicyclic) bond motifs is 1. The molecule has 6 nitrogen and oxygen atoms in total. The maximum absolute atomic E-state index is 12.7. The second-order valence-electron chi connectivity index (χ2n) is 6.48. The van der Waals surface area contributed by atoms with Gasteiger partial charge in [0.2, 0.25) is 6.79 Å². The Kier molecular flexibility index (Phi) is 5.48. The maximum Gasteiger partial charge on any atom is 0.251 e. The minimum atomic E-state index is -0.190. The summed E-state index contributed by atoms with van der Waals surface area (Å²) >= 11 is 6.19. The molecule has 142 valence electrons. The molecule has 0 aliphatic carbocycles. The van der Waals surface area contributed by atoms with Crippen molar-refractivity contribution in [2.75, 3.05) is 39.6 Å². The van der Waals surface area contributed by atoms with Crippen LogP contribution in [0.3, 0.4) is 0 Å². The molecule has 0 aromatic heterocycles. The van der Waals surface area contributed by atoms with Crippen LogP contribution in [0.5, 0.6) is 11.5 Å². The molecule has 27 heavy (non-hydrogen) atoms. The molecule has 2 heterocycles. The lowest BCUT2D eigenvalue weighted by atomic mass is 10.0. The van der Waals surface area contributed by atoms with Crippen LogP contribution >= 0.6 is 11.6 Å². The van der Waals surface area contributed by atoms with E-state index in [1.54, 1.807) is 12.1 Å². The normalized spacial score (nSPS) is 17.5. The van der Waals surface area contributed by atoms with E-state index < -0.39 is 0 Å². The molecule has 4 rings (SSSR count). The Balaban J connectivity index is 1.49. The summed E-state index contributed by atoms with van der Waals surface area (Å²) in [4.78, 5) is 15.0. The smallest absolute Gasteiger partial charge is 0.251 e. The third-order valence-corrected chi connectivity index (χ3v) is 5.10. The van der Waals surface area contributed by atoms with Crippen LogP contribution in [0.15, 0.2) is 42.5 Å². The van der Waals surface area contributed by atoms with Gasteiger partial charge in [0.25, 0.3) is 5.91 Å². The lowest BCUT2D eigenvalue weighted by Gasteiger charge is -2.35. The molecule has 1 unspecified atom stereocenters. The molecule has 0 spiro atoms. The number of rotatable bonds is 5. The summed E-state index contributed by atoms with van der Waals surface area (Å²) in [5.74, 6) is 0.800. The van der Waals surface area contributed by atoms with Crippen LogP contribution in [0.25, 0.3) is 0 Å². The van der Waals surface area contributed by atoms with Gasteiger partial charge in [-0.15, -0.1) is 0 Å². The van der Waals surface area contributed by atoms with Crippen molar-refractivity contribution in [2.45, 2.75) is 6.04 Å². The summed E-state index contributed by atoms with van der Waals surface area (Å²) in [5, 5.41) is 3.41. The van der Waals surface area contributed by atoms with E-state index in [9.17, 15) is 4.79 Å². The van der Waals surface area contributed by atoms with Crippen molar-refractivity contribution in [2.24, 2.45) is 0 Å². The predicted octanol–water partition coefficient (Wildman–Crippen LogP) is 2.87. The summed E-state index contributed by atoms with van der Waals surface area (Å²) in [6.45, 7) is 3.70. The minimum Gasteiger partial charge on any atom is -0.454 e. The molecule has 2 aromatic rings. The third kappa shape index (κ3) is 4.03. The molecular formula is C20H21ClN2O4. The van der Waals surface area contributed by atoms with Crippen LogP contribution in [-0.2, 0) is 4.74 Å². The number of benzene rings is 2. The van der Waals surface area contributed by atoms with E-state index in [0.717, 1.165) is 13.1 Å². The second-order valence-corrected chi connectivity index (χ2v) is 6.88. The molecule has 7 heteroatoms. The molecule has 1 N–H and O–H groups in total. The molecule has 1 atom stereocenters. The van der Waals surface area contributed by atoms with Crippen LogP contribution in [0.1, 0.15) is 22.0 Å². The molecular weight excluding hydrogens is 368 g/mol. The number of carbonyl (C=O) groups excluding carboxylic acids is 1. The molecule has 1 fully saturated rings. The van der Waals surface area contributed by atoms with Gasteiger partial charge in [0.1, 0.15) is 0 Å². The Morgan fingerprint density at radius 3 is 2.70 bits per heavy atom. The molecule has 2 aromatic carbocycles. The first-order chi connectivity index (χ1) is 13.2. The van der Waals surface area contributed by atoms with Crippen molar-refractivity contribution in [3.05, 3.63) is 58.6 Å². The van der Waals surface area contributed by atoms with Crippen molar-refractivity contribution in [1.82, 2.24) is 10.2 Å². The average molecular weight is 389 g/mol. The monoisotopic (exact) mass is 388 g/mol. The lowest BCUT2D eigenvalue weighted by Crippen LogP contribution is -2.43. The number of nitrogens with zero attached hydrogens (tertiary/aromatic N) is 1. The number of nitrogens with one attached hydrogen (secondary N) is 1. The Morgan fingerprint density at radius 2 is 1.93 bits per heavy atom. The van der Waals surface area contributed by atoms with Crippen molar-refractivity contribution >= 4 is 17.5 Å². The molecule has 2 aliphatic heterocycles. The Labute approximate surface area is 163 Å². The fraction of sp³-hybridized carbons (Fsp3) is 0.350. The number of hydrogen-bond acceptors (Lipinski definition) is 5. The number of ether oxygens (including phenoxy) is 3. The zero-order valence-electron chi connectivity index (χ0n) is 14.8. The second kappa shape index (κ2) is 8.17. The molecule has 0 saturated carbocycles. The van der Waals surface area contributed by atoms with E-state index in [1.807, 2.05) is 18.2 Å². The SMILES string of the molecule is O=C(NCC(c1ccccc1)N1CCOCC1)c1cc(Cl)c2c(c1)OCO2. The van der Waals surface area contributed by atoms with Gasteiger partial charge in [0.05, 0.1) is 24.3 Å². The largest absolute Gasteiger partial charge is 0.454 e. The molecule has 1 amide bonds. The van der Waals surface area contributed by atoms with Crippen LogP contribution in [0.2, 0.25) is 5.02 Å². The zero-order chi connectivity index (χ0) is 18.6. The molecule has 2 aliphatic rings. The van der Waals surface area contributed by atoms with E-state index in [-0.39, 0.29) is 18.7 Å². The van der Waals surface area contributed by atoms with Gasteiger partial charge < -0.3 is 19.5 Å². The zero-order valence-corrected chi connectivity index (χ0v) is 15.6. The van der Waals surface area contributed by atoms with Gasteiger partial charge in [-0.2, -0.15) is 0 Å². The van der Waals surface area contributed by atoms with Gasteiger partial charge in [-0.25, -0.2) is 0 Å². The van der Waals surface area contributed by atoms with E-state index in [4.69, 9.17) is 25.8 Å². The summed E-state index contributed by atoms with van der Waals surface area (Å²) in [5.41, 5.74) is 1.63. The average Bonchev–Trinajstić information content (AvgIpc) is 3.19. The number of morpholine rings is 1.